The van der Waals surface area contributed by atoms with E-state index in [2.05, 4.69) is 15.5 Å². The number of nitrogens with zero attached hydrogens (tertiary/aromatic N) is 2. The van der Waals surface area contributed by atoms with E-state index in [4.69, 9.17) is 12.2 Å². The van der Waals surface area contributed by atoms with Gasteiger partial charge in [0.15, 0.2) is 10.6 Å². The molecule has 0 radical (unpaired) electrons. The summed E-state index contributed by atoms with van der Waals surface area (Å²) in [5, 5.41) is 9.78. The van der Waals surface area contributed by atoms with Gasteiger partial charge in [0.2, 0.25) is 5.91 Å². The SMILES string of the molecule is Cc1cccc(-c2n[nH]c(=S)n2CCC(=O)Nc2ccc(F)cc2)c1. The highest BCUT2D eigenvalue weighted by Crippen LogP contribution is 2.19. The summed E-state index contributed by atoms with van der Waals surface area (Å²) >= 11 is 5.27. The molecule has 0 atom stereocenters. The van der Waals surface area contributed by atoms with Crippen LogP contribution in [0.4, 0.5) is 10.1 Å². The van der Waals surface area contributed by atoms with Crippen molar-refractivity contribution in [2.45, 2.75) is 19.9 Å². The van der Waals surface area contributed by atoms with Crippen LogP contribution in [0.3, 0.4) is 0 Å². The molecule has 2 aromatic carbocycles. The number of benzene rings is 2. The Morgan fingerprint density at radius 1 is 1.28 bits per heavy atom. The van der Waals surface area contributed by atoms with E-state index in [9.17, 15) is 9.18 Å². The minimum absolute atomic E-state index is 0.176. The Labute approximate surface area is 149 Å². The van der Waals surface area contributed by atoms with E-state index in [0.717, 1.165) is 11.1 Å². The van der Waals surface area contributed by atoms with Crippen molar-refractivity contribution in [3.05, 3.63) is 64.7 Å². The minimum Gasteiger partial charge on any atom is -0.326 e. The fourth-order valence-corrected chi connectivity index (χ4v) is 2.72. The van der Waals surface area contributed by atoms with Crippen molar-refractivity contribution in [1.29, 1.82) is 0 Å². The van der Waals surface area contributed by atoms with Crippen LogP contribution in [0.15, 0.2) is 48.5 Å². The van der Waals surface area contributed by atoms with Crippen LogP contribution in [-0.4, -0.2) is 20.7 Å². The van der Waals surface area contributed by atoms with E-state index < -0.39 is 0 Å². The molecule has 1 amide bonds. The molecule has 0 aliphatic rings. The van der Waals surface area contributed by atoms with Crippen LogP contribution in [0.1, 0.15) is 12.0 Å². The summed E-state index contributed by atoms with van der Waals surface area (Å²) in [7, 11) is 0. The number of rotatable bonds is 5. The van der Waals surface area contributed by atoms with E-state index in [1.807, 2.05) is 31.2 Å². The van der Waals surface area contributed by atoms with E-state index in [1.165, 1.54) is 24.3 Å². The highest BCUT2D eigenvalue weighted by Gasteiger charge is 2.11. The van der Waals surface area contributed by atoms with Crippen molar-refractivity contribution in [2.75, 3.05) is 5.32 Å². The number of aromatic nitrogens is 3. The number of H-pyrrole nitrogens is 1. The Morgan fingerprint density at radius 2 is 2.04 bits per heavy atom. The van der Waals surface area contributed by atoms with Crippen molar-refractivity contribution in [3.8, 4) is 11.4 Å². The minimum atomic E-state index is -0.342. The zero-order valence-electron chi connectivity index (χ0n) is 13.6. The molecule has 5 nitrogen and oxygen atoms in total. The second kappa shape index (κ2) is 7.40. The normalized spacial score (nSPS) is 10.6. The quantitative estimate of drug-likeness (QED) is 0.677. The molecular formula is C18H17FN4OS. The van der Waals surface area contributed by atoms with Crippen LogP contribution in [0, 0.1) is 17.5 Å². The fraction of sp³-hybridized carbons (Fsp3) is 0.167. The predicted molar refractivity (Wildman–Crippen MR) is 97.2 cm³/mol. The maximum atomic E-state index is 12.9. The Bertz CT molecular complexity index is 946. The average molecular weight is 356 g/mol. The van der Waals surface area contributed by atoms with Crippen molar-refractivity contribution in [1.82, 2.24) is 14.8 Å². The van der Waals surface area contributed by atoms with E-state index in [1.54, 1.807) is 4.57 Å². The summed E-state index contributed by atoms with van der Waals surface area (Å²) < 4.78 is 15.2. The number of aromatic amines is 1. The zero-order valence-corrected chi connectivity index (χ0v) is 14.4. The summed E-state index contributed by atoms with van der Waals surface area (Å²) in [5.74, 6) is 0.179. The van der Waals surface area contributed by atoms with Gasteiger partial charge in [0.25, 0.3) is 0 Å². The number of carbonyl (C=O) groups excluding carboxylic acids is 1. The molecular weight excluding hydrogens is 339 g/mol. The molecule has 0 aliphatic carbocycles. The van der Waals surface area contributed by atoms with Gasteiger partial charge in [-0.25, -0.2) is 4.39 Å². The van der Waals surface area contributed by atoms with Crippen LogP contribution in [-0.2, 0) is 11.3 Å². The standard InChI is InChI=1S/C18H17FN4OS/c1-12-3-2-4-13(11-12)17-21-22-18(25)23(17)10-9-16(24)20-15-7-5-14(19)6-8-15/h2-8,11H,9-10H2,1H3,(H,20,24)(H,22,25). The molecule has 2 N–H and O–H groups in total. The van der Waals surface area contributed by atoms with Gasteiger partial charge in [-0.3, -0.25) is 14.5 Å². The molecule has 0 aliphatic heterocycles. The largest absolute Gasteiger partial charge is 0.326 e. The molecule has 3 rings (SSSR count). The first-order valence-electron chi connectivity index (χ1n) is 7.80. The molecule has 0 saturated heterocycles. The molecule has 0 bridgehead atoms. The summed E-state index contributed by atoms with van der Waals surface area (Å²) in [6, 6.07) is 13.6. The number of anilines is 1. The van der Waals surface area contributed by atoms with Gasteiger partial charge < -0.3 is 5.32 Å². The molecule has 7 heteroatoms. The number of halogens is 1. The molecule has 1 aromatic heterocycles. The smallest absolute Gasteiger partial charge is 0.226 e. The van der Waals surface area contributed by atoms with Crippen LogP contribution >= 0.6 is 12.2 Å². The average Bonchev–Trinajstić information content (AvgIpc) is 2.96. The van der Waals surface area contributed by atoms with E-state index >= 15 is 0 Å². The summed E-state index contributed by atoms with van der Waals surface area (Å²) in [6.07, 6.45) is 0.226. The fourth-order valence-electron chi connectivity index (χ4n) is 2.50. The third-order valence-corrected chi connectivity index (χ3v) is 4.04. The maximum Gasteiger partial charge on any atom is 0.226 e. The van der Waals surface area contributed by atoms with Crippen molar-refractivity contribution in [2.24, 2.45) is 0 Å². The Morgan fingerprint density at radius 3 is 2.76 bits per heavy atom. The summed E-state index contributed by atoms with van der Waals surface area (Å²) in [4.78, 5) is 12.1. The Hall–Kier alpha value is -2.80. The highest BCUT2D eigenvalue weighted by molar-refractivity contribution is 7.71. The highest BCUT2D eigenvalue weighted by atomic mass is 32.1. The molecule has 0 unspecified atom stereocenters. The number of aryl methyl sites for hydroxylation is 1. The van der Waals surface area contributed by atoms with Crippen molar-refractivity contribution < 1.29 is 9.18 Å². The van der Waals surface area contributed by atoms with Gasteiger partial charge in [0.1, 0.15) is 5.82 Å². The van der Waals surface area contributed by atoms with Crippen LogP contribution < -0.4 is 5.32 Å². The number of hydrogen-bond acceptors (Lipinski definition) is 3. The van der Waals surface area contributed by atoms with Crippen LogP contribution in [0.25, 0.3) is 11.4 Å². The van der Waals surface area contributed by atoms with Gasteiger partial charge in [-0.1, -0.05) is 23.8 Å². The van der Waals surface area contributed by atoms with Gasteiger partial charge in [-0.15, -0.1) is 0 Å². The van der Waals surface area contributed by atoms with Crippen molar-refractivity contribution >= 4 is 23.8 Å². The Kier molecular flexibility index (Phi) is 5.04. The first kappa shape index (κ1) is 17.0. The molecule has 1 heterocycles. The Balaban J connectivity index is 1.71. The number of hydrogen-bond donors (Lipinski definition) is 2. The second-order valence-electron chi connectivity index (χ2n) is 5.68. The van der Waals surface area contributed by atoms with Gasteiger partial charge in [0, 0.05) is 24.2 Å². The molecule has 0 saturated carbocycles. The van der Waals surface area contributed by atoms with Crippen LogP contribution in [0.2, 0.25) is 0 Å². The predicted octanol–water partition coefficient (Wildman–Crippen LogP) is 4.08. The lowest BCUT2D eigenvalue weighted by Crippen LogP contribution is -2.15. The van der Waals surface area contributed by atoms with Gasteiger partial charge in [-0.2, -0.15) is 5.10 Å². The lowest BCUT2D eigenvalue weighted by molar-refractivity contribution is -0.116. The lowest BCUT2D eigenvalue weighted by Gasteiger charge is -2.08. The molecule has 128 valence electrons. The van der Waals surface area contributed by atoms with Gasteiger partial charge >= 0.3 is 0 Å². The monoisotopic (exact) mass is 356 g/mol. The summed E-state index contributed by atoms with van der Waals surface area (Å²) in [5.41, 5.74) is 2.61. The number of carbonyl (C=O) groups is 1. The third-order valence-electron chi connectivity index (χ3n) is 3.72. The van der Waals surface area contributed by atoms with Crippen molar-refractivity contribution in [3.63, 3.8) is 0 Å². The number of amides is 1. The summed E-state index contributed by atoms with van der Waals surface area (Å²) in [6.45, 7) is 2.40. The zero-order chi connectivity index (χ0) is 17.8. The second-order valence-corrected chi connectivity index (χ2v) is 6.07. The van der Waals surface area contributed by atoms with Gasteiger partial charge in [0.05, 0.1) is 0 Å². The topological polar surface area (TPSA) is 62.7 Å². The van der Waals surface area contributed by atoms with E-state index in [-0.39, 0.29) is 18.1 Å². The first-order valence-corrected chi connectivity index (χ1v) is 8.21. The molecule has 0 spiro atoms. The van der Waals surface area contributed by atoms with Crippen LogP contribution in [0.5, 0.6) is 0 Å². The first-order chi connectivity index (χ1) is 12.0. The lowest BCUT2D eigenvalue weighted by atomic mass is 10.1. The molecule has 0 fully saturated rings. The molecule has 3 aromatic rings. The van der Waals surface area contributed by atoms with Gasteiger partial charge in [-0.05, 0) is 49.5 Å². The third kappa shape index (κ3) is 4.19. The molecule has 25 heavy (non-hydrogen) atoms. The maximum absolute atomic E-state index is 12.9. The number of nitrogens with one attached hydrogen (secondary N) is 2. The van der Waals surface area contributed by atoms with E-state index in [0.29, 0.717) is 22.8 Å².